The Balaban J connectivity index is 1.56. The molecule has 3 rings (SSSR count). The van der Waals surface area contributed by atoms with E-state index in [0.717, 1.165) is 24.2 Å². The second kappa shape index (κ2) is 8.58. The van der Waals surface area contributed by atoms with Crippen LogP contribution in [-0.4, -0.2) is 26.5 Å². The molecule has 1 amide bonds. The number of nitrogens with one attached hydrogen (secondary N) is 2. The van der Waals surface area contributed by atoms with Gasteiger partial charge in [-0.05, 0) is 74.7 Å². The Morgan fingerprint density at radius 2 is 1.71 bits per heavy atom. The average molecular weight is 401 g/mol. The van der Waals surface area contributed by atoms with Crippen molar-refractivity contribution in [3.05, 3.63) is 60.2 Å². The van der Waals surface area contributed by atoms with Crippen LogP contribution in [0.4, 0.5) is 5.69 Å². The van der Waals surface area contributed by atoms with Crippen LogP contribution in [0.5, 0.6) is 5.75 Å². The first-order chi connectivity index (χ1) is 13.3. The minimum Gasteiger partial charge on any atom is -0.491 e. The second-order valence-electron chi connectivity index (χ2n) is 6.98. The van der Waals surface area contributed by atoms with Gasteiger partial charge < -0.3 is 10.1 Å². The van der Waals surface area contributed by atoms with Crippen LogP contribution in [0.15, 0.2) is 59.5 Å². The highest BCUT2D eigenvalue weighted by atomic mass is 32.2. The molecule has 28 heavy (non-hydrogen) atoms. The van der Waals surface area contributed by atoms with Gasteiger partial charge >= 0.3 is 0 Å². The fourth-order valence-corrected chi connectivity index (χ4v) is 3.80. The number of sulfonamides is 1. The van der Waals surface area contributed by atoms with Crippen molar-refractivity contribution in [1.29, 1.82) is 0 Å². The maximum atomic E-state index is 12.1. The fourth-order valence-electron chi connectivity index (χ4n) is 2.49. The lowest BCUT2D eigenvalue weighted by Gasteiger charge is -2.10. The lowest BCUT2D eigenvalue weighted by Crippen LogP contribution is -2.25. The van der Waals surface area contributed by atoms with Gasteiger partial charge in [0.2, 0.25) is 15.9 Å². The molecule has 2 N–H and O–H groups in total. The van der Waals surface area contributed by atoms with Crippen LogP contribution in [0.25, 0.3) is 6.08 Å². The highest BCUT2D eigenvalue weighted by Gasteiger charge is 2.27. The molecule has 1 aliphatic carbocycles. The minimum atomic E-state index is -3.46. The zero-order valence-corrected chi connectivity index (χ0v) is 16.7. The standard InChI is InChI=1S/C21H24N2O4S/c1-15(2)27-19-10-8-17(9-11-19)22-21(24)14-5-16-3-12-20(13-4-16)28(25,26)23-18-6-7-18/h3-5,8-15,18,23H,6-7H2,1-2H3,(H,22,24)/b14-5+. The number of anilines is 1. The molecule has 1 fully saturated rings. The smallest absolute Gasteiger partial charge is 0.248 e. The molecule has 0 bridgehead atoms. The summed E-state index contributed by atoms with van der Waals surface area (Å²) in [6.07, 6.45) is 4.92. The van der Waals surface area contributed by atoms with E-state index >= 15 is 0 Å². The summed E-state index contributed by atoms with van der Waals surface area (Å²) in [5, 5.41) is 2.77. The van der Waals surface area contributed by atoms with Crippen LogP contribution in [0.3, 0.4) is 0 Å². The van der Waals surface area contributed by atoms with Gasteiger partial charge in [0.25, 0.3) is 0 Å². The molecule has 0 spiro atoms. The topological polar surface area (TPSA) is 84.5 Å². The maximum absolute atomic E-state index is 12.1. The minimum absolute atomic E-state index is 0.0688. The third-order valence-corrected chi connectivity index (χ3v) is 5.55. The predicted molar refractivity (Wildman–Crippen MR) is 110 cm³/mol. The molecule has 1 aliphatic rings. The van der Waals surface area contributed by atoms with Gasteiger partial charge in [0.1, 0.15) is 5.75 Å². The van der Waals surface area contributed by atoms with Crippen molar-refractivity contribution in [1.82, 2.24) is 4.72 Å². The monoisotopic (exact) mass is 400 g/mol. The number of hydrogen-bond acceptors (Lipinski definition) is 4. The molecule has 148 valence electrons. The van der Waals surface area contributed by atoms with E-state index in [-0.39, 0.29) is 22.9 Å². The second-order valence-corrected chi connectivity index (χ2v) is 8.69. The van der Waals surface area contributed by atoms with Gasteiger partial charge in [-0.3, -0.25) is 4.79 Å². The summed E-state index contributed by atoms with van der Waals surface area (Å²) in [5.41, 5.74) is 1.40. The zero-order valence-electron chi connectivity index (χ0n) is 15.9. The third-order valence-electron chi connectivity index (χ3n) is 4.01. The van der Waals surface area contributed by atoms with Crippen molar-refractivity contribution in [2.24, 2.45) is 0 Å². The molecule has 7 heteroatoms. The predicted octanol–water partition coefficient (Wildman–Crippen LogP) is 3.57. The molecule has 0 aliphatic heterocycles. The summed E-state index contributed by atoms with van der Waals surface area (Å²) in [5.74, 6) is 0.472. The largest absolute Gasteiger partial charge is 0.491 e. The van der Waals surface area contributed by atoms with Crippen molar-refractivity contribution in [3.63, 3.8) is 0 Å². The first-order valence-corrected chi connectivity index (χ1v) is 10.7. The average Bonchev–Trinajstić information content (AvgIpc) is 3.45. The maximum Gasteiger partial charge on any atom is 0.248 e. The summed E-state index contributed by atoms with van der Waals surface area (Å²) in [7, 11) is -3.46. The van der Waals surface area contributed by atoms with Gasteiger partial charge in [-0.1, -0.05) is 12.1 Å². The van der Waals surface area contributed by atoms with Crippen LogP contribution < -0.4 is 14.8 Å². The number of ether oxygens (including phenoxy) is 1. The van der Waals surface area contributed by atoms with E-state index in [1.807, 2.05) is 13.8 Å². The Hall–Kier alpha value is -2.64. The number of carbonyl (C=O) groups excluding carboxylic acids is 1. The summed E-state index contributed by atoms with van der Waals surface area (Å²) in [6, 6.07) is 13.6. The van der Waals surface area contributed by atoms with Gasteiger partial charge in [0.05, 0.1) is 11.0 Å². The highest BCUT2D eigenvalue weighted by molar-refractivity contribution is 7.89. The summed E-state index contributed by atoms with van der Waals surface area (Å²) >= 11 is 0. The van der Waals surface area contributed by atoms with E-state index < -0.39 is 10.0 Å². The van der Waals surface area contributed by atoms with E-state index in [1.54, 1.807) is 42.5 Å². The number of hydrogen-bond donors (Lipinski definition) is 2. The van der Waals surface area contributed by atoms with E-state index in [1.165, 1.54) is 18.2 Å². The van der Waals surface area contributed by atoms with Gasteiger partial charge in [0.15, 0.2) is 0 Å². The number of carbonyl (C=O) groups is 1. The molecular formula is C21H24N2O4S. The quantitative estimate of drug-likeness (QED) is 0.664. The molecule has 2 aromatic carbocycles. The highest BCUT2D eigenvalue weighted by Crippen LogP contribution is 2.22. The van der Waals surface area contributed by atoms with Crippen molar-refractivity contribution in [2.75, 3.05) is 5.32 Å². The summed E-state index contributed by atoms with van der Waals surface area (Å²) in [6.45, 7) is 3.90. The lowest BCUT2D eigenvalue weighted by atomic mass is 10.2. The van der Waals surface area contributed by atoms with E-state index in [9.17, 15) is 13.2 Å². The van der Waals surface area contributed by atoms with Gasteiger partial charge in [0, 0.05) is 17.8 Å². The molecule has 0 radical (unpaired) electrons. The van der Waals surface area contributed by atoms with Crippen molar-refractivity contribution in [2.45, 2.75) is 43.7 Å². The molecule has 0 unspecified atom stereocenters. The van der Waals surface area contributed by atoms with Crippen molar-refractivity contribution < 1.29 is 17.9 Å². The molecule has 0 atom stereocenters. The molecule has 0 heterocycles. The van der Waals surface area contributed by atoms with Crippen molar-refractivity contribution >= 4 is 27.7 Å². The number of rotatable bonds is 8. The molecule has 6 nitrogen and oxygen atoms in total. The number of amides is 1. The zero-order chi connectivity index (χ0) is 20.1. The Labute approximate surface area is 165 Å². The third kappa shape index (κ3) is 5.94. The van der Waals surface area contributed by atoms with Gasteiger partial charge in [-0.2, -0.15) is 0 Å². The van der Waals surface area contributed by atoms with Gasteiger partial charge in [-0.15, -0.1) is 0 Å². The Bertz CT molecular complexity index is 945. The Kier molecular flexibility index (Phi) is 6.16. The molecule has 1 saturated carbocycles. The first-order valence-electron chi connectivity index (χ1n) is 9.20. The van der Waals surface area contributed by atoms with Crippen LogP contribution >= 0.6 is 0 Å². The first kappa shape index (κ1) is 20.1. The lowest BCUT2D eigenvalue weighted by molar-refractivity contribution is -0.111. The Morgan fingerprint density at radius 3 is 2.29 bits per heavy atom. The van der Waals surface area contributed by atoms with E-state index in [0.29, 0.717) is 5.69 Å². The Morgan fingerprint density at radius 1 is 1.07 bits per heavy atom. The SMILES string of the molecule is CC(C)Oc1ccc(NC(=O)/C=C/c2ccc(S(=O)(=O)NC3CC3)cc2)cc1. The van der Waals surface area contributed by atoms with Gasteiger partial charge in [-0.25, -0.2) is 13.1 Å². The van der Waals surface area contributed by atoms with E-state index in [4.69, 9.17) is 4.74 Å². The van der Waals surface area contributed by atoms with Crippen LogP contribution in [0, 0.1) is 0 Å². The van der Waals surface area contributed by atoms with Crippen LogP contribution in [0.2, 0.25) is 0 Å². The molecule has 0 saturated heterocycles. The summed E-state index contributed by atoms with van der Waals surface area (Å²) in [4.78, 5) is 12.3. The van der Waals surface area contributed by atoms with E-state index in [2.05, 4.69) is 10.0 Å². The van der Waals surface area contributed by atoms with Crippen LogP contribution in [0.1, 0.15) is 32.3 Å². The molecule has 2 aromatic rings. The molecular weight excluding hydrogens is 376 g/mol. The molecule has 0 aromatic heterocycles. The fraction of sp³-hybridized carbons (Fsp3) is 0.286. The normalized spacial score (nSPS) is 14.4. The number of benzene rings is 2. The van der Waals surface area contributed by atoms with Crippen molar-refractivity contribution in [3.8, 4) is 5.75 Å². The summed E-state index contributed by atoms with van der Waals surface area (Å²) < 4.78 is 32.5. The van der Waals surface area contributed by atoms with Crippen LogP contribution in [-0.2, 0) is 14.8 Å².